The third-order valence-electron chi connectivity index (χ3n) is 4.38. The Balaban J connectivity index is 1.30. The lowest BCUT2D eigenvalue weighted by atomic mass is 10.1. The van der Waals surface area contributed by atoms with Gasteiger partial charge in [0, 0.05) is 22.9 Å². The van der Waals surface area contributed by atoms with Crippen molar-refractivity contribution in [3.05, 3.63) is 64.9 Å². The molecule has 2 heterocycles. The van der Waals surface area contributed by atoms with Gasteiger partial charge in [-0.1, -0.05) is 24.3 Å². The Kier molecular flexibility index (Phi) is 5.39. The van der Waals surface area contributed by atoms with Crippen LogP contribution in [0.5, 0.6) is 0 Å². The highest BCUT2D eigenvalue weighted by Crippen LogP contribution is 2.30. The van der Waals surface area contributed by atoms with Crippen LogP contribution in [-0.2, 0) is 14.3 Å². The van der Waals surface area contributed by atoms with E-state index in [2.05, 4.69) is 5.32 Å². The molecule has 2 aromatic heterocycles. The Hall–Kier alpha value is -3.45. The van der Waals surface area contributed by atoms with Crippen LogP contribution in [0.15, 0.2) is 64.4 Å². The van der Waals surface area contributed by atoms with E-state index in [4.69, 9.17) is 9.15 Å². The van der Waals surface area contributed by atoms with Gasteiger partial charge in [-0.2, -0.15) is 0 Å². The fraction of sp³-hybridized carbons (Fsp3) is 0.136. The van der Waals surface area contributed by atoms with Crippen LogP contribution in [0.25, 0.3) is 21.9 Å². The van der Waals surface area contributed by atoms with Crippen molar-refractivity contribution in [2.45, 2.75) is 12.8 Å². The van der Waals surface area contributed by atoms with Crippen molar-refractivity contribution in [2.75, 3.05) is 11.9 Å². The van der Waals surface area contributed by atoms with Gasteiger partial charge in [0.05, 0.1) is 11.3 Å². The number of benzene rings is 2. The van der Waals surface area contributed by atoms with Gasteiger partial charge in [-0.15, -0.1) is 11.3 Å². The predicted molar refractivity (Wildman–Crippen MR) is 111 cm³/mol. The van der Waals surface area contributed by atoms with Crippen LogP contribution >= 0.6 is 11.3 Å². The summed E-state index contributed by atoms with van der Waals surface area (Å²) in [5.74, 6) is -1.14. The van der Waals surface area contributed by atoms with Crippen molar-refractivity contribution in [2.24, 2.45) is 0 Å². The van der Waals surface area contributed by atoms with Crippen LogP contribution in [0.4, 0.5) is 5.69 Å². The first-order chi connectivity index (χ1) is 14.1. The summed E-state index contributed by atoms with van der Waals surface area (Å²) in [6.07, 6.45) is 0.00216. The lowest BCUT2D eigenvalue weighted by Gasteiger charge is -2.06. The molecule has 0 bridgehead atoms. The van der Waals surface area contributed by atoms with Gasteiger partial charge in [-0.05, 0) is 35.7 Å². The van der Waals surface area contributed by atoms with E-state index in [0.29, 0.717) is 10.6 Å². The molecule has 0 saturated heterocycles. The van der Waals surface area contributed by atoms with Crippen molar-refractivity contribution in [1.82, 2.24) is 0 Å². The second kappa shape index (κ2) is 8.28. The summed E-state index contributed by atoms with van der Waals surface area (Å²) in [5.41, 5.74) is 2.08. The van der Waals surface area contributed by atoms with Gasteiger partial charge in [0.25, 0.3) is 5.91 Å². The third-order valence-corrected chi connectivity index (χ3v) is 5.29. The van der Waals surface area contributed by atoms with Crippen LogP contribution in [0, 0.1) is 0 Å². The molecule has 0 aliphatic rings. The minimum absolute atomic E-state index is 0.0586. The topological polar surface area (TPSA) is 85.6 Å². The van der Waals surface area contributed by atoms with E-state index in [0.717, 1.165) is 21.9 Å². The van der Waals surface area contributed by atoms with Crippen LogP contribution in [-0.4, -0.2) is 24.3 Å². The van der Waals surface area contributed by atoms with Crippen LogP contribution in [0.3, 0.4) is 0 Å². The molecule has 0 radical (unpaired) electrons. The molecular weight excluding hydrogens is 390 g/mol. The zero-order valence-corrected chi connectivity index (χ0v) is 16.2. The zero-order chi connectivity index (χ0) is 20.2. The number of ketones is 1. The Bertz CT molecular complexity index is 1190. The normalized spacial score (nSPS) is 10.9. The standard InChI is InChI=1S/C22H17NO5S/c24-17(20-6-3-11-29-20)8-10-22(26)27-13-21(25)23-14-7-9-19-16(12-14)15-4-1-2-5-18(15)28-19/h1-7,9,11-12H,8,10,13H2,(H,23,25). The molecule has 0 saturated carbocycles. The molecule has 7 heteroatoms. The first-order valence-corrected chi connectivity index (χ1v) is 9.91. The molecule has 0 aliphatic carbocycles. The number of carbonyl (C=O) groups is 3. The van der Waals surface area contributed by atoms with Crippen molar-refractivity contribution >= 4 is 56.6 Å². The fourth-order valence-corrected chi connectivity index (χ4v) is 3.69. The molecule has 0 atom stereocenters. The lowest BCUT2D eigenvalue weighted by Crippen LogP contribution is -2.21. The monoisotopic (exact) mass is 407 g/mol. The number of amides is 1. The second-order valence-electron chi connectivity index (χ2n) is 6.42. The van der Waals surface area contributed by atoms with E-state index in [1.807, 2.05) is 30.3 Å². The van der Waals surface area contributed by atoms with Crippen LogP contribution in [0.1, 0.15) is 22.5 Å². The summed E-state index contributed by atoms with van der Waals surface area (Å²) in [6.45, 7) is -0.407. The molecule has 0 fully saturated rings. The van der Waals surface area contributed by atoms with Crippen LogP contribution in [0.2, 0.25) is 0 Å². The maximum absolute atomic E-state index is 12.1. The number of para-hydroxylation sites is 1. The smallest absolute Gasteiger partial charge is 0.306 e. The number of thiophene rings is 1. The van der Waals surface area contributed by atoms with Crippen molar-refractivity contribution < 1.29 is 23.5 Å². The van der Waals surface area contributed by atoms with Gasteiger partial charge in [-0.3, -0.25) is 14.4 Å². The van der Waals surface area contributed by atoms with Gasteiger partial charge in [0.1, 0.15) is 11.2 Å². The molecule has 0 aliphatic heterocycles. The number of anilines is 1. The Morgan fingerprint density at radius 1 is 0.931 bits per heavy atom. The van der Waals surface area contributed by atoms with Crippen molar-refractivity contribution in [3.63, 3.8) is 0 Å². The number of Topliss-reactive ketones (excluding diaryl/α,β-unsaturated/α-hetero) is 1. The number of hydrogen-bond donors (Lipinski definition) is 1. The molecule has 0 unspecified atom stereocenters. The predicted octanol–water partition coefficient (Wildman–Crippen LogP) is 4.79. The molecule has 2 aromatic carbocycles. The number of ether oxygens (including phenoxy) is 1. The summed E-state index contributed by atoms with van der Waals surface area (Å²) >= 11 is 1.33. The number of furan rings is 1. The highest BCUT2D eigenvalue weighted by Gasteiger charge is 2.13. The van der Waals surface area contributed by atoms with E-state index in [1.54, 1.807) is 29.6 Å². The Morgan fingerprint density at radius 2 is 1.76 bits per heavy atom. The lowest BCUT2D eigenvalue weighted by molar-refractivity contribution is -0.147. The fourth-order valence-electron chi connectivity index (χ4n) is 3.00. The summed E-state index contributed by atoms with van der Waals surface area (Å²) in [5, 5.41) is 6.36. The zero-order valence-electron chi connectivity index (χ0n) is 15.3. The second-order valence-corrected chi connectivity index (χ2v) is 7.37. The highest BCUT2D eigenvalue weighted by molar-refractivity contribution is 7.12. The molecule has 0 spiro atoms. The number of nitrogens with one attached hydrogen (secondary N) is 1. The maximum atomic E-state index is 12.1. The van der Waals surface area contributed by atoms with Crippen molar-refractivity contribution in [1.29, 1.82) is 0 Å². The van der Waals surface area contributed by atoms with E-state index >= 15 is 0 Å². The number of fused-ring (bicyclic) bond motifs is 3. The van der Waals surface area contributed by atoms with Gasteiger partial charge < -0.3 is 14.5 Å². The quantitative estimate of drug-likeness (QED) is 0.352. The number of esters is 1. The van der Waals surface area contributed by atoms with E-state index in [-0.39, 0.29) is 18.6 Å². The first-order valence-electron chi connectivity index (χ1n) is 9.03. The van der Waals surface area contributed by atoms with Crippen molar-refractivity contribution in [3.8, 4) is 0 Å². The average Bonchev–Trinajstić information content (AvgIpc) is 3.38. The van der Waals surface area contributed by atoms with E-state index < -0.39 is 18.5 Å². The molecule has 4 aromatic rings. The third kappa shape index (κ3) is 4.35. The minimum Gasteiger partial charge on any atom is -0.456 e. The highest BCUT2D eigenvalue weighted by atomic mass is 32.1. The largest absolute Gasteiger partial charge is 0.456 e. The van der Waals surface area contributed by atoms with E-state index in [9.17, 15) is 14.4 Å². The summed E-state index contributed by atoms with van der Waals surface area (Å²) < 4.78 is 10.7. The van der Waals surface area contributed by atoms with Gasteiger partial charge in [0.15, 0.2) is 12.4 Å². The summed E-state index contributed by atoms with van der Waals surface area (Å²) in [4.78, 5) is 36.4. The minimum atomic E-state index is -0.582. The maximum Gasteiger partial charge on any atom is 0.306 e. The molecule has 29 heavy (non-hydrogen) atoms. The molecule has 6 nitrogen and oxygen atoms in total. The van der Waals surface area contributed by atoms with Gasteiger partial charge in [0.2, 0.25) is 0 Å². The Morgan fingerprint density at radius 3 is 2.59 bits per heavy atom. The SMILES string of the molecule is O=C(COC(=O)CCC(=O)c1cccs1)Nc1ccc2oc3ccccc3c2c1. The number of rotatable bonds is 7. The molecule has 1 N–H and O–H groups in total. The molecular formula is C22H17NO5S. The molecule has 146 valence electrons. The molecule has 4 rings (SSSR count). The number of carbonyl (C=O) groups excluding carboxylic acids is 3. The average molecular weight is 407 g/mol. The first kappa shape index (κ1) is 18.9. The number of hydrogen-bond acceptors (Lipinski definition) is 6. The molecule has 1 amide bonds. The van der Waals surface area contributed by atoms with Gasteiger partial charge >= 0.3 is 5.97 Å². The van der Waals surface area contributed by atoms with E-state index in [1.165, 1.54) is 11.3 Å². The Labute approximate surface area is 170 Å². The van der Waals surface area contributed by atoms with Crippen LogP contribution < -0.4 is 5.32 Å². The van der Waals surface area contributed by atoms with Gasteiger partial charge in [-0.25, -0.2) is 0 Å². The summed E-state index contributed by atoms with van der Waals surface area (Å²) in [7, 11) is 0. The summed E-state index contributed by atoms with van der Waals surface area (Å²) in [6, 6.07) is 16.5.